The first kappa shape index (κ1) is 15.9. The topological polar surface area (TPSA) is 65.5 Å². The van der Waals surface area contributed by atoms with Crippen LogP contribution in [0.5, 0.6) is 0 Å². The van der Waals surface area contributed by atoms with E-state index in [9.17, 15) is 9.90 Å². The molecule has 1 unspecified atom stereocenters. The van der Waals surface area contributed by atoms with Crippen molar-refractivity contribution in [3.05, 3.63) is 30.1 Å². The number of hydrogen-bond acceptors (Lipinski definition) is 4. The summed E-state index contributed by atoms with van der Waals surface area (Å²) in [5, 5.41) is 12.7. The summed E-state index contributed by atoms with van der Waals surface area (Å²) >= 11 is 0. The highest BCUT2D eigenvalue weighted by molar-refractivity contribution is 5.94. The van der Waals surface area contributed by atoms with E-state index in [0.29, 0.717) is 18.0 Å². The zero-order chi connectivity index (χ0) is 15.2. The monoisotopic (exact) mass is 291 g/mol. The molecule has 0 spiro atoms. The summed E-state index contributed by atoms with van der Waals surface area (Å²) in [6.45, 7) is 6.72. The third-order valence-corrected chi connectivity index (χ3v) is 3.76. The van der Waals surface area contributed by atoms with Gasteiger partial charge in [-0.3, -0.25) is 14.7 Å². The number of aromatic nitrogens is 1. The molecule has 1 aromatic rings. The number of aliphatic hydroxyl groups excluding tert-OH is 1. The van der Waals surface area contributed by atoms with Gasteiger partial charge in [-0.25, -0.2) is 0 Å². The van der Waals surface area contributed by atoms with E-state index in [-0.39, 0.29) is 18.1 Å². The van der Waals surface area contributed by atoms with Crippen LogP contribution < -0.4 is 5.32 Å². The van der Waals surface area contributed by atoms with Crippen LogP contribution in [0.2, 0.25) is 0 Å². The lowest BCUT2D eigenvalue weighted by atomic mass is 10.0. The number of nitrogens with zero attached hydrogens (tertiary/aromatic N) is 2. The van der Waals surface area contributed by atoms with Crippen LogP contribution >= 0.6 is 0 Å². The molecule has 0 aliphatic carbocycles. The fraction of sp³-hybridized carbons (Fsp3) is 0.625. The highest BCUT2D eigenvalue weighted by Crippen LogP contribution is 2.13. The fourth-order valence-corrected chi connectivity index (χ4v) is 2.81. The number of pyridine rings is 1. The van der Waals surface area contributed by atoms with Crippen LogP contribution in [0.4, 0.5) is 0 Å². The average molecular weight is 291 g/mol. The van der Waals surface area contributed by atoms with Gasteiger partial charge in [0.25, 0.3) is 5.91 Å². The van der Waals surface area contributed by atoms with Gasteiger partial charge in [0.2, 0.25) is 0 Å². The predicted molar refractivity (Wildman–Crippen MR) is 82.0 cm³/mol. The maximum absolute atomic E-state index is 12.3. The van der Waals surface area contributed by atoms with Crippen molar-refractivity contribution in [2.75, 3.05) is 19.6 Å². The van der Waals surface area contributed by atoms with E-state index >= 15 is 0 Å². The lowest BCUT2D eigenvalue weighted by Crippen LogP contribution is -2.44. The van der Waals surface area contributed by atoms with Gasteiger partial charge >= 0.3 is 0 Å². The van der Waals surface area contributed by atoms with Gasteiger partial charge in [0.05, 0.1) is 6.10 Å². The van der Waals surface area contributed by atoms with Crippen LogP contribution in [0.15, 0.2) is 24.5 Å². The molecule has 21 heavy (non-hydrogen) atoms. The second-order valence-corrected chi connectivity index (χ2v) is 6.24. The zero-order valence-electron chi connectivity index (χ0n) is 12.8. The van der Waals surface area contributed by atoms with E-state index in [4.69, 9.17) is 0 Å². The van der Waals surface area contributed by atoms with Gasteiger partial charge in [-0.2, -0.15) is 0 Å². The SMILES string of the molecule is CC(C)C[C@H](CN1CCC(O)C1)NC(=O)c1ccncc1. The highest BCUT2D eigenvalue weighted by atomic mass is 16.3. The molecule has 2 atom stereocenters. The molecule has 0 aromatic carbocycles. The van der Waals surface area contributed by atoms with Crippen molar-refractivity contribution in [2.24, 2.45) is 5.92 Å². The molecule has 2 N–H and O–H groups in total. The fourth-order valence-electron chi connectivity index (χ4n) is 2.81. The molecule has 1 fully saturated rings. The molecule has 1 amide bonds. The van der Waals surface area contributed by atoms with Crippen molar-refractivity contribution in [3.63, 3.8) is 0 Å². The molecule has 2 rings (SSSR count). The lowest BCUT2D eigenvalue weighted by molar-refractivity contribution is 0.0919. The van der Waals surface area contributed by atoms with Crippen molar-refractivity contribution in [3.8, 4) is 0 Å². The molecule has 116 valence electrons. The van der Waals surface area contributed by atoms with E-state index in [2.05, 4.69) is 29.0 Å². The maximum atomic E-state index is 12.3. The molecule has 1 saturated heterocycles. The Kier molecular flexibility index (Phi) is 5.70. The first-order valence-corrected chi connectivity index (χ1v) is 7.66. The predicted octanol–water partition coefficient (Wildman–Crippen LogP) is 1.29. The number of aliphatic hydroxyl groups is 1. The highest BCUT2D eigenvalue weighted by Gasteiger charge is 2.24. The van der Waals surface area contributed by atoms with Gasteiger partial charge in [-0.1, -0.05) is 13.8 Å². The van der Waals surface area contributed by atoms with Crippen LogP contribution in [0.1, 0.15) is 37.0 Å². The van der Waals surface area contributed by atoms with Gasteiger partial charge in [0.15, 0.2) is 0 Å². The summed E-state index contributed by atoms with van der Waals surface area (Å²) in [5.41, 5.74) is 0.639. The van der Waals surface area contributed by atoms with Gasteiger partial charge in [0.1, 0.15) is 0 Å². The Morgan fingerprint density at radius 3 is 2.76 bits per heavy atom. The van der Waals surface area contributed by atoms with Crippen LogP contribution in [0.25, 0.3) is 0 Å². The number of likely N-dealkylation sites (tertiary alicyclic amines) is 1. The molecular weight excluding hydrogens is 266 g/mol. The Bertz CT molecular complexity index is 450. The third-order valence-electron chi connectivity index (χ3n) is 3.76. The third kappa shape index (κ3) is 5.10. The van der Waals surface area contributed by atoms with E-state index in [1.165, 1.54) is 0 Å². The molecule has 1 aliphatic heterocycles. The Morgan fingerprint density at radius 1 is 1.48 bits per heavy atom. The molecule has 1 aromatic heterocycles. The van der Waals surface area contributed by atoms with Gasteiger partial charge in [-0.15, -0.1) is 0 Å². The minimum atomic E-state index is -0.222. The molecule has 0 bridgehead atoms. The van der Waals surface area contributed by atoms with Crippen LogP contribution in [-0.2, 0) is 0 Å². The molecule has 0 saturated carbocycles. The lowest BCUT2D eigenvalue weighted by Gasteiger charge is -2.26. The summed E-state index contributed by atoms with van der Waals surface area (Å²) in [5.74, 6) is 0.461. The van der Waals surface area contributed by atoms with Gasteiger partial charge in [-0.05, 0) is 30.9 Å². The Labute approximate surface area is 126 Å². The largest absolute Gasteiger partial charge is 0.392 e. The molecule has 1 aliphatic rings. The van der Waals surface area contributed by atoms with E-state index < -0.39 is 0 Å². The molecule has 5 heteroatoms. The van der Waals surface area contributed by atoms with E-state index in [1.54, 1.807) is 24.5 Å². The number of amides is 1. The Balaban J connectivity index is 1.94. The second kappa shape index (κ2) is 7.52. The number of hydrogen-bond donors (Lipinski definition) is 2. The van der Waals surface area contributed by atoms with E-state index in [1.807, 2.05) is 0 Å². The number of nitrogens with one attached hydrogen (secondary N) is 1. The minimum Gasteiger partial charge on any atom is -0.392 e. The quantitative estimate of drug-likeness (QED) is 0.829. The molecular formula is C16H25N3O2. The summed E-state index contributed by atoms with van der Waals surface area (Å²) in [7, 11) is 0. The molecule has 2 heterocycles. The standard InChI is InChI=1S/C16H25N3O2/c1-12(2)9-14(10-19-8-5-15(20)11-19)18-16(21)13-3-6-17-7-4-13/h3-4,6-7,12,14-15,20H,5,8-11H2,1-2H3,(H,18,21)/t14-,15?/m1/s1. The van der Waals surface area contributed by atoms with Crippen molar-refractivity contribution >= 4 is 5.91 Å². The number of carbonyl (C=O) groups is 1. The smallest absolute Gasteiger partial charge is 0.251 e. The first-order chi connectivity index (χ1) is 10.0. The number of β-amino-alcohol motifs (C(OH)–C–C–N with tert-alkyl or cyclic N) is 1. The molecule has 0 radical (unpaired) electrons. The second-order valence-electron chi connectivity index (χ2n) is 6.24. The Hall–Kier alpha value is -1.46. The average Bonchev–Trinajstić information content (AvgIpc) is 2.84. The normalized spacial score (nSPS) is 20.7. The van der Waals surface area contributed by atoms with Crippen molar-refractivity contribution in [2.45, 2.75) is 38.8 Å². The van der Waals surface area contributed by atoms with Crippen molar-refractivity contribution in [1.29, 1.82) is 0 Å². The summed E-state index contributed by atoms with van der Waals surface area (Å²) < 4.78 is 0. The van der Waals surface area contributed by atoms with Crippen LogP contribution in [0, 0.1) is 5.92 Å². The summed E-state index contributed by atoms with van der Waals surface area (Å²) in [4.78, 5) is 18.4. The van der Waals surface area contributed by atoms with Gasteiger partial charge in [0, 0.05) is 43.6 Å². The Morgan fingerprint density at radius 2 is 2.19 bits per heavy atom. The first-order valence-electron chi connectivity index (χ1n) is 7.66. The van der Waals surface area contributed by atoms with Crippen molar-refractivity contribution < 1.29 is 9.90 Å². The van der Waals surface area contributed by atoms with E-state index in [0.717, 1.165) is 25.9 Å². The summed E-state index contributed by atoms with van der Waals surface area (Å²) in [6, 6.07) is 3.55. The van der Waals surface area contributed by atoms with Crippen LogP contribution in [0.3, 0.4) is 0 Å². The number of rotatable bonds is 6. The number of carbonyl (C=O) groups excluding carboxylic acids is 1. The minimum absolute atomic E-state index is 0.0530. The molecule has 5 nitrogen and oxygen atoms in total. The maximum Gasteiger partial charge on any atom is 0.251 e. The zero-order valence-corrected chi connectivity index (χ0v) is 12.8. The summed E-state index contributed by atoms with van der Waals surface area (Å²) in [6.07, 6.45) is 4.79. The van der Waals surface area contributed by atoms with Gasteiger partial charge < -0.3 is 10.4 Å². The van der Waals surface area contributed by atoms with Crippen molar-refractivity contribution in [1.82, 2.24) is 15.2 Å². The van der Waals surface area contributed by atoms with Crippen LogP contribution in [-0.4, -0.2) is 52.7 Å².